The molecule has 0 saturated heterocycles. The van der Waals surface area contributed by atoms with Crippen LogP contribution in [0.2, 0.25) is 0 Å². The summed E-state index contributed by atoms with van der Waals surface area (Å²) in [4.78, 5) is 0. The van der Waals surface area contributed by atoms with Crippen molar-refractivity contribution in [3.05, 3.63) is 29.3 Å². The first-order valence-electron chi connectivity index (χ1n) is 7.21. The minimum Gasteiger partial charge on any atom is -0.493 e. The van der Waals surface area contributed by atoms with Gasteiger partial charge < -0.3 is 15.8 Å². The molecule has 1 atom stereocenters. The van der Waals surface area contributed by atoms with E-state index in [1.807, 2.05) is 7.05 Å². The molecule has 1 heterocycles. The lowest BCUT2D eigenvalue weighted by Gasteiger charge is -2.25. The van der Waals surface area contributed by atoms with Crippen molar-refractivity contribution >= 4 is 0 Å². The summed E-state index contributed by atoms with van der Waals surface area (Å²) in [5.41, 5.74) is 8.66. The van der Waals surface area contributed by atoms with Gasteiger partial charge in [-0.2, -0.15) is 0 Å². The Balaban J connectivity index is 2.10. The Labute approximate surface area is 116 Å². The third-order valence-corrected chi connectivity index (χ3v) is 3.76. The number of hydrogen-bond donors (Lipinski definition) is 2. The topological polar surface area (TPSA) is 47.3 Å². The Morgan fingerprint density at radius 2 is 2.21 bits per heavy atom. The fourth-order valence-corrected chi connectivity index (χ4v) is 2.59. The smallest absolute Gasteiger partial charge is 0.122 e. The van der Waals surface area contributed by atoms with E-state index >= 15 is 0 Å². The second-order valence-electron chi connectivity index (χ2n) is 6.19. The van der Waals surface area contributed by atoms with Crippen LogP contribution in [0.15, 0.2) is 18.2 Å². The highest BCUT2D eigenvalue weighted by Crippen LogP contribution is 2.29. The molecule has 1 aromatic rings. The summed E-state index contributed by atoms with van der Waals surface area (Å²) < 4.78 is 5.67. The van der Waals surface area contributed by atoms with Gasteiger partial charge in [-0.15, -0.1) is 0 Å². The van der Waals surface area contributed by atoms with Crippen molar-refractivity contribution in [1.82, 2.24) is 5.32 Å². The van der Waals surface area contributed by atoms with Gasteiger partial charge in [0, 0.05) is 11.6 Å². The molecule has 3 heteroatoms. The number of nitrogens with two attached hydrogens (primary N) is 1. The minimum absolute atomic E-state index is 0.105. The van der Waals surface area contributed by atoms with E-state index in [2.05, 4.69) is 37.4 Å². The fourth-order valence-electron chi connectivity index (χ4n) is 2.59. The maximum atomic E-state index is 6.08. The quantitative estimate of drug-likeness (QED) is 0.858. The standard InChI is InChI=1S/C16H26N2O/c1-16(2,17)9-8-14(18-3)12-6-7-15-13(11-12)5-4-10-19-15/h6-7,11,14,18H,4-5,8-10,17H2,1-3H3. The number of benzene rings is 1. The summed E-state index contributed by atoms with van der Waals surface area (Å²) in [7, 11) is 2.02. The van der Waals surface area contributed by atoms with E-state index in [9.17, 15) is 0 Å². The molecule has 0 saturated carbocycles. The van der Waals surface area contributed by atoms with E-state index in [0.717, 1.165) is 38.0 Å². The molecule has 0 aliphatic carbocycles. The zero-order chi connectivity index (χ0) is 13.9. The van der Waals surface area contributed by atoms with Crippen molar-refractivity contribution in [3.8, 4) is 5.75 Å². The Bertz CT molecular complexity index is 423. The van der Waals surface area contributed by atoms with Gasteiger partial charge >= 0.3 is 0 Å². The van der Waals surface area contributed by atoms with Crippen LogP contribution in [0.3, 0.4) is 0 Å². The van der Waals surface area contributed by atoms with E-state index < -0.39 is 0 Å². The lowest BCUT2D eigenvalue weighted by atomic mass is 9.92. The van der Waals surface area contributed by atoms with Gasteiger partial charge in [-0.05, 0) is 63.8 Å². The zero-order valence-electron chi connectivity index (χ0n) is 12.3. The van der Waals surface area contributed by atoms with Crippen molar-refractivity contribution < 1.29 is 4.74 Å². The molecule has 106 valence electrons. The Morgan fingerprint density at radius 3 is 2.89 bits per heavy atom. The molecule has 0 spiro atoms. The van der Waals surface area contributed by atoms with Crippen LogP contribution in [-0.2, 0) is 6.42 Å². The van der Waals surface area contributed by atoms with Gasteiger partial charge in [-0.25, -0.2) is 0 Å². The summed E-state index contributed by atoms with van der Waals surface area (Å²) in [6, 6.07) is 6.95. The summed E-state index contributed by atoms with van der Waals surface area (Å²) in [6.45, 7) is 5.02. The Kier molecular flexibility index (Phi) is 4.48. The largest absolute Gasteiger partial charge is 0.493 e. The molecular weight excluding hydrogens is 236 g/mol. The van der Waals surface area contributed by atoms with Crippen LogP contribution in [0.1, 0.15) is 50.3 Å². The summed E-state index contributed by atoms with van der Waals surface area (Å²) in [5.74, 6) is 1.06. The predicted molar refractivity (Wildman–Crippen MR) is 79.6 cm³/mol. The van der Waals surface area contributed by atoms with Crippen molar-refractivity contribution in [2.75, 3.05) is 13.7 Å². The molecule has 1 unspecified atom stereocenters. The molecule has 19 heavy (non-hydrogen) atoms. The van der Waals surface area contributed by atoms with Crippen molar-refractivity contribution in [1.29, 1.82) is 0 Å². The molecule has 3 nitrogen and oxygen atoms in total. The summed E-state index contributed by atoms with van der Waals surface area (Å²) >= 11 is 0. The number of rotatable bonds is 5. The lowest BCUT2D eigenvalue weighted by molar-refractivity contribution is 0.288. The molecule has 3 N–H and O–H groups in total. The van der Waals surface area contributed by atoms with Crippen LogP contribution in [0.25, 0.3) is 0 Å². The number of fused-ring (bicyclic) bond motifs is 1. The Morgan fingerprint density at radius 1 is 1.42 bits per heavy atom. The average Bonchev–Trinajstić information content (AvgIpc) is 2.38. The van der Waals surface area contributed by atoms with E-state index in [0.29, 0.717) is 6.04 Å². The van der Waals surface area contributed by atoms with Gasteiger partial charge in [0.1, 0.15) is 5.75 Å². The first-order valence-corrected chi connectivity index (χ1v) is 7.21. The van der Waals surface area contributed by atoms with Crippen LogP contribution in [0.5, 0.6) is 5.75 Å². The molecule has 1 aliphatic heterocycles. The molecule has 1 aromatic carbocycles. The first-order chi connectivity index (χ1) is 8.99. The first kappa shape index (κ1) is 14.4. The van der Waals surface area contributed by atoms with Crippen molar-refractivity contribution in [3.63, 3.8) is 0 Å². The molecule has 0 aromatic heterocycles. The molecule has 0 bridgehead atoms. The maximum absolute atomic E-state index is 6.08. The number of aryl methyl sites for hydroxylation is 1. The van der Waals surface area contributed by atoms with Crippen LogP contribution >= 0.6 is 0 Å². The predicted octanol–water partition coefficient (Wildman–Crippen LogP) is 2.79. The van der Waals surface area contributed by atoms with Gasteiger partial charge in [0.25, 0.3) is 0 Å². The lowest BCUT2D eigenvalue weighted by Crippen LogP contribution is -2.33. The number of nitrogens with one attached hydrogen (secondary N) is 1. The Hall–Kier alpha value is -1.06. The van der Waals surface area contributed by atoms with Gasteiger partial charge in [0.2, 0.25) is 0 Å². The minimum atomic E-state index is -0.105. The van der Waals surface area contributed by atoms with Crippen LogP contribution in [0, 0.1) is 0 Å². The molecular formula is C16H26N2O. The number of hydrogen-bond acceptors (Lipinski definition) is 3. The van der Waals surface area contributed by atoms with E-state index in [-0.39, 0.29) is 5.54 Å². The van der Waals surface area contributed by atoms with E-state index in [1.165, 1.54) is 11.1 Å². The van der Waals surface area contributed by atoms with Crippen LogP contribution in [0.4, 0.5) is 0 Å². The maximum Gasteiger partial charge on any atom is 0.122 e. The summed E-state index contributed by atoms with van der Waals surface area (Å²) in [5, 5.41) is 3.40. The SMILES string of the molecule is CNC(CCC(C)(C)N)c1ccc2c(c1)CCCO2. The van der Waals surface area contributed by atoms with E-state index in [4.69, 9.17) is 10.5 Å². The van der Waals surface area contributed by atoms with Gasteiger partial charge in [0.05, 0.1) is 6.61 Å². The molecule has 0 radical (unpaired) electrons. The van der Waals surface area contributed by atoms with Crippen molar-refractivity contribution in [2.45, 2.75) is 51.1 Å². The third-order valence-electron chi connectivity index (χ3n) is 3.76. The van der Waals surface area contributed by atoms with Gasteiger partial charge in [-0.3, -0.25) is 0 Å². The molecule has 0 fully saturated rings. The fraction of sp³-hybridized carbons (Fsp3) is 0.625. The zero-order valence-corrected chi connectivity index (χ0v) is 12.3. The molecule has 1 aliphatic rings. The van der Waals surface area contributed by atoms with Gasteiger partial charge in [0.15, 0.2) is 0 Å². The van der Waals surface area contributed by atoms with Crippen molar-refractivity contribution in [2.24, 2.45) is 5.73 Å². The monoisotopic (exact) mass is 262 g/mol. The molecule has 2 rings (SSSR count). The van der Waals surface area contributed by atoms with Crippen LogP contribution < -0.4 is 15.8 Å². The third kappa shape index (κ3) is 3.95. The normalized spacial score (nSPS) is 16.6. The highest BCUT2D eigenvalue weighted by atomic mass is 16.5. The van der Waals surface area contributed by atoms with Crippen LogP contribution in [-0.4, -0.2) is 19.2 Å². The second kappa shape index (κ2) is 5.93. The van der Waals surface area contributed by atoms with E-state index in [1.54, 1.807) is 0 Å². The van der Waals surface area contributed by atoms with Gasteiger partial charge in [-0.1, -0.05) is 12.1 Å². The molecule has 0 amide bonds. The second-order valence-corrected chi connectivity index (χ2v) is 6.19. The highest BCUT2D eigenvalue weighted by molar-refractivity contribution is 5.39. The number of ether oxygens (including phenoxy) is 1. The average molecular weight is 262 g/mol. The highest BCUT2D eigenvalue weighted by Gasteiger charge is 2.18. The summed E-state index contributed by atoms with van der Waals surface area (Å²) in [6.07, 6.45) is 4.31.